The van der Waals surface area contributed by atoms with E-state index < -0.39 is 20.8 Å². The molecule has 2 aliphatic rings. The molecule has 2 fully saturated rings. The Morgan fingerprint density at radius 3 is 2.00 bits per heavy atom. The molecule has 0 radical (unpaired) electrons. The third kappa shape index (κ3) is 4.29. The number of ether oxygens (including phenoxy) is 1. The molecule has 0 spiro atoms. The molecular formula is C23H27IO5S. The van der Waals surface area contributed by atoms with Gasteiger partial charge in [-0.1, -0.05) is 39.0 Å². The van der Waals surface area contributed by atoms with Gasteiger partial charge in [-0.3, -0.25) is 4.79 Å². The smallest absolute Gasteiger partial charge is 0.357 e. The third-order valence-electron chi connectivity index (χ3n) is 6.78. The van der Waals surface area contributed by atoms with Gasteiger partial charge in [0.05, 0.1) is 7.11 Å². The van der Waals surface area contributed by atoms with Crippen LogP contribution >= 0.6 is 0 Å². The predicted molar refractivity (Wildman–Crippen MR) is 110 cm³/mol. The summed E-state index contributed by atoms with van der Waals surface area (Å²) in [5.41, 5.74) is -0.994. The van der Waals surface area contributed by atoms with Crippen LogP contribution in [0.25, 0.3) is 0 Å². The highest BCUT2D eigenvalue weighted by Gasteiger charge is 2.67. The van der Waals surface area contributed by atoms with Crippen LogP contribution in [0.1, 0.15) is 33.6 Å². The van der Waals surface area contributed by atoms with E-state index in [2.05, 4.69) is 42.5 Å². The SMILES string of the molecule is CC12CCC(C(S(=O)(=O)[O-])C1=O)C2(C)C.COc1ccc([I+]c2ccccc2)cc1. The normalized spacial score (nSPS) is 26.8. The monoisotopic (exact) mass is 542 g/mol. The molecule has 162 valence electrons. The molecule has 7 heteroatoms. The Kier molecular flexibility index (Phi) is 6.65. The largest absolute Gasteiger partial charge is 0.747 e. The molecule has 2 aliphatic carbocycles. The van der Waals surface area contributed by atoms with Crippen LogP contribution in [-0.2, 0) is 14.9 Å². The predicted octanol–water partition coefficient (Wildman–Crippen LogP) is 0.749. The molecule has 3 unspecified atom stereocenters. The second kappa shape index (κ2) is 8.59. The lowest BCUT2D eigenvalue weighted by atomic mass is 9.70. The lowest BCUT2D eigenvalue weighted by molar-refractivity contribution is -0.597. The quantitative estimate of drug-likeness (QED) is 0.421. The number of carbonyl (C=O) groups is 1. The van der Waals surface area contributed by atoms with Gasteiger partial charge in [-0.15, -0.1) is 0 Å². The Morgan fingerprint density at radius 1 is 1.00 bits per heavy atom. The van der Waals surface area contributed by atoms with Crippen LogP contribution in [0, 0.1) is 23.9 Å². The van der Waals surface area contributed by atoms with Crippen LogP contribution in [0.5, 0.6) is 5.75 Å². The number of Topliss-reactive ketones (excluding diaryl/α,β-unsaturated/α-hetero) is 1. The Bertz CT molecular complexity index is 1000. The van der Waals surface area contributed by atoms with Crippen molar-refractivity contribution in [3.8, 4) is 5.75 Å². The summed E-state index contributed by atoms with van der Waals surface area (Å²) in [5, 5.41) is -1.30. The van der Waals surface area contributed by atoms with E-state index in [0.717, 1.165) is 5.75 Å². The first kappa shape index (κ1) is 23.2. The van der Waals surface area contributed by atoms with E-state index in [1.165, 1.54) is 7.14 Å². The Balaban J connectivity index is 0.000000171. The van der Waals surface area contributed by atoms with Gasteiger partial charge in [0.1, 0.15) is 21.1 Å². The summed E-state index contributed by atoms with van der Waals surface area (Å²) in [5.74, 6) is 0.270. The lowest BCUT2D eigenvalue weighted by Crippen LogP contribution is -3.61. The highest BCUT2D eigenvalue weighted by molar-refractivity contribution is 7.87. The Morgan fingerprint density at radius 2 is 1.57 bits per heavy atom. The van der Waals surface area contributed by atoms with Gasteiger partial charge in [0.2, 0.25) is 0 Å². The summed E-state index contributed by atoms with van der Waals surface area (Å²) >= 11 is -0.0449. The molecule has 2 bridgehead atoms. The van der Waals surface area contributed by atoms with Gasteiger partial charge in [-0.2, -0.15) is 0 Å². The number of hydrogen-bond acceptors (Lipinski definition) is 5. The number of hydrogen-bond donors (Lipinski definition) is 0. The summed E-state index contributed by atoms with van der Waals surface area (Å²) < 4.78 is 41.3. The molecule has 0 N–H and O–H groups in total. The molecule has 5 nitrogen and oxygen atoms in total. The fraction of sp³-hybridized carbons (Fsp3) is 0.435. The first-order chi connectivity index (χ1) is 14.0. The van der Waals surface area contributed by atoms with E-state index in [0.29, 0.717) is 12.8 Å². The van der Waals surface area contributed by atoms with Crippen molar-refractivity contribution in [2.45, 2.75) is 38.9 Å². The molecule has 0 aliphatic heterocycles. The van der Waals surface area contributed by atoms with Crippen LogP contribution in [0.15, 0.2) is 54.6 Å². The zero-order valence-corrected chi connectivity index (χ0v) is 20.6. The number of methoxy groups -OCH3 is 1. The van der Waals surface area contributed by atoms with Crippen molar-refractivity contribution < 1.29 is 43.7 Å². The van der Waals surface area contributed by atoms with Crippen LogP contribution in [-0.4, -0.2) is 31.1 Å². The second-order valence-corrected chi connectivity index (χ2v) is 13.0. The minimum absolute atomic E-state index is 0.0449. The average molecular weight is 542 g/mol. The van der Waals surface area contributed by atoms with Crippen molar-refractivity contribution in [1.29, 1.82) is 0 Å². The topological polar surface area (TPSA) is 83.5 Å². The highest BCUT2D eigenvalue weighted by atomic mass is 127. The second-order valence-electron chi connectivity index (χ2n) is 8.52. The molecular weight excluding hydrogens is 515 g/mol. The summed E-state index contributed by atoms with van der Waals surface area (Å²) in [6.45, 7) is 5.59. The van der Waals surface area contributed by atoms with Crippen molar-refractivity contribution in [1.82, 2.24) is 0 Å². The number of fused-ring (bicyclic) bond motifs is 2. The van der Waals surface area contributed by atoms with Crippen LogP contribution < -0.4 is 25.9 Å². The van der Waals surface area contributed by atoms with E-state index in [-0.39, 0.29) is 38.3 Å². The summed E-state index contributed by atoms with van der Waals surface area (Å²) in [7, 11) is -2.80. The maximum Gasteiger partial charge on any atom is 0.357 e. The molecule has 0 aromatic heterocycles. The third-order valence-corrected chi connectivity index (χ3v) is 10.6. The molecule has 30 heavy (non-hydrogen) atoms. The van der Waals surface area contributed by atoms with E-state index in [1.54, 1.807) is 14.0 Å². The van der Waals surface area contributed by atoms with Crippen molar-refractivity contribution >= 4 is 15.9 Å². The van der Waals surface area contributed by atoms with Crippen molar-refractivity contribution in [2.24, 2.45) is 16.7 Å². The number of halogens is 1. The molecule has 0 amide bonds. The molecule has 0 saturated heterocycles. The minimum atomic E-state index is -4.49. The van der Waals surface area contributed by atoms with E-state index >= 15 is 0 Å². The molecule has 2 saturated carbocycles. The minimum Gasteiger partial charge on any atom is -0.747 e. The Hall–Kier alpha value is -1.45. The van der Waals surface area contributed by atoms with E-state index in [4.69, 9.17) is 4.74 Å². The number of benzene rings is 2. The van der Waals surface area contributed by atoms with Gasteiger partial charge in [0.15, 0.2) is 12.9 Å². The van der Waals surface area contributed by atoms with Crippen LogP contribution in [0.3, 0.4) is 0 Å². The standard InChI is InChI=1S/C13H12IO.C10H16O4S/c1-15-13-9-7-12(8-10-13)14-11-5-3-2-4-6-11;1-9(2)6-4-5-10(9,3)8(11)7(6)15(12,13)14/h2-10H,1H3;6-7H,4-5H2,1-3H3,(H,12,13,14)/q+1;/p-1. The van der Waals surface area contributed by atoms with Crippen molar-refractivity contribution in [3.63, 3.8) is 0 Å². The summed E-state index contributed by atoms with van der Waals surface area (Å²) in [6, 6.07) is 19.0. The van der Waals surface area contributed by atoms with Gasteiger partial charge < -0.3 is 9.29 Å². The number of carbonyl (C=O) groups excluding carboxylic acids is 1. The molecule has 2 aromatic carbocycles. The number of ketones is 1. The zero-order chi connectivity index (χ0) is 22.2. The first-order valence-corrected chi connectivity index (χ1v) is 13.5. The fourth-order valence-corrected chi connectivity index (χ4v) is 8.19. The summed E-state index contributed by atoms with van der Waals surface area (Å²) in [4.78, 5) is 12.0. The molecule has 2 aromatic rings. The first-order valence-electron chi connectivity index (χ1n) is 9.83. The van der Waals surface area contributed by atoms with Crippen molar-refractivity contribution in [3.05, 3.63) is 61.7 Å². The van der Waals surface area contributed by atoms with Gasteiger partial charge in [0, 0.05) is 5.41 Å². The highest BCUT2D eigenvalue weighted by Crippen LogP contribution is 2.64. The van der Waals surface area contributed by atoms with Gasteiger partial charge in [-0.05, 0) is 60.6 Å². The molecule has 4 rings (SSSR count). The lowest BCUT2D eigenvalue weighted by Gasteiger charge is -2.32. The van der Waals surface area contributed by atoms with E-state index in [1.807, 2.05) is 26.0 Å². The average Bonchev–Trinajstić information content (AvgIpc) is 3.01. The number of rotatable bonds is 4. The molecule has 3 atom stereocenters. The Labute approximate surface area is 189 Å². The molecule has 0 heterocycles. The van der Waals surface area contributed by atoms with Gasteiger partial charge >= 0.3 is 21.2 Å². The van der Waals surface area contributed by atoms with Gasteiger partial charge in [0.25, 0.3) is 0 Å². The fourth-order valence-electron chi connectivity index (χ4n) is 4.57. The van der Waals surface area contributed by atoms with Gasteiger partial charge in [-0.25, -0.2) is 8.42 Å². The zero-order valence-electron chi connectivity index (χ0n) is 17.6. The van der Waals surface area contributed by atoms with Crippen LogP contribution in [0.4, 0.5) is 0 Å². The maximum atomic E-state index is 12.0. The van der Waals surface area contributed by atoms with Crippen LogP contribution in [0.2, 0.25) is 0 Å². The van der Waals surface area contributed by atoms with Crippen molar-refractivity contribution in [2.75, 3.05) is 7.11 Å². The van der Waals surface area contributed by atoms with E-state index in [9.17, 15) is 17.8 Å². The summed E-state index contributed by atoms with van der Waals surface area (Å²) in [6.07, 6.45) is 1.37. The maximum absolute atomic E-state index is 12.0.